The smallest absolute Gasteiger partial charge is 0.224 e. The first-order valence-electron chi connectivity index (χ1n) is 4.91. The van der Waals surface area contributed by atoms with Crippen molar-refractivity contribution in [3.05, 3.63) is 29.1 Å². The number of carbonyl (C=O) groups excluding carboxylic acids is 1. The van der Waals surface area contributed by atoms with Gasteiger partial charge in [-0.1, -0.05) is 0 Å². The topological polar surface area (TPSA) is 55.1 Å². The van der Waals surface area contributed by atoms with E-state index in [1.165, 1.54) is 0 Å². The Morgan fingerprint density at radius 2 is 1.39 bits per heavy atom. The average molecular weight is 268 g/mol. The van der Waals surface area contributed by atoms with Crippen LogP contribution in [0.2, 0.25) is 0 Å². The summed E-state index contributed by atoms with van der Waals surface area (Å²) in [6, 6.07) is 0. The van der Waals surface area contributed by atoms with Crippen LogP contribution >= 0.6 is 0 Å². The largest absolute Gasteiger partial charge is 0.330 e. The first kappa shape index (κ1) is 14.4. The Balaban J connectivity index is 3.06. The summed E-state index contributed by atoms with van der Waals surface area (Å²) < 4.78 is 64.5. The molecule has 0 aliphatic carbocycles. The lowest BCUT2D eigenvalue weighted by Gasteiger charge is -2.09. The standard InChI is InChI=1S/C10H9F5N2O/c11-5-6(12)8(14)10(9(15)7(5)13)17-4(18)2-1-3-16/h1-3,16H2,(H,17,18). The minimum Gasteiger partial charge on any atom is -0.330 e. The maximum Gasteiger partial charge on any atom is 0.224 e. The molecule has 1 amide bonds. The third-order valence-corrected chi connectivity index (χ3v) is 2.08. The highest BCUT2D eigenvalue weighted by Gasteiger charge is 2.26. The van der Waals surface area contributed by atoms with Crippen LogP contribution in [0.25, 0.3) is 0 Å². The Bertz CT molecular complexity index is 449. The monoisotopic (exact) mass is 268 g/mol. The van der Waals surface area contributed by atoms with E-state index in [0.717, 1.165) is 0 Å². The van der Waals surface area contributed by atoms with Gasteiger partial charge in [0.25, 0.3) is 0 Å². The van der Waals surface area contributed by atoms with E-state index in [1.54, 1.807) is 5.32 Å². The molecule has 3 nitrogen and oxygen atoms in total. The lowest BCUT2D eigenvalue weighted by atomic mass is 10.2. The van der Waals surface area contributed by atoms with Gasteiger partial charge in [0.05, 0.1) is 0 Å². The highest BCUT2D eigenvalue weighted by molar-refractivity contribution is 5.91. The van der Waals surface area contributed by atoms with E-state index in [1.807, 2.05) is 0 Å². The summed E-state index contributed by atoms with van der Waals surface area (Å²) in [4.78, 5) is 11.1. The van der Waals surface area contributed by atoms with Gasteiger partial charge in [-0.2, -0.15) is 0 Å². The molecule has 8 heteroatoms. The third-order valence-electron chi connectivity index (χ3n) is 2.08. The van der Waals surface area contributed by atoms with Crippen molar-refractivity contribution in [2.24, 2.45) is 5.73 Å². The number of nitrogens with one attached hydrogen (secondary N) is 1. The minimum atomic E-state index is -2.27. The lowest BCUT2D eigenvalue weighted by Crippen LogP contribution is -2.17. The van der Waals surface area contributed by atoms with Gasteiger partial charge in [-0.05, 0) is 13.0 Å². The summed E-state index contributed by atoms with van der Waals surface area (Å²) in [6.45, 7) is 0.157. The Morgan fingerprint density at radius 3 is 1.83 bits per heavy atom. The molecule has 0 heterocycles. The average Bonchev–Trinajstić information content (AvgIpc) is 2.36. The SMILES string of the molecule is NCCCC(=O)Nc1c(F)c(F)c(F)c(F)c1F. The second kappa shape index (κ2) is 5.76. The van der Waals surface area contributed by atoms with E-state index in [2.05, 4.69) is 0 Å². The summed E-state index contributed by atoms with van der Waals surface area (Å²) in [5.74, 6) is -11.5. The molecule has 0 saturated carbocycles. The zero-order valence-electron chi connectivity index (χ0n) is 9.00. The third kappa shape index (κ3) is 2.76. The molecule has 0 aliphatic heterocycles. The molecule has 3 N–H and O–H groups in total. The van der Waals surface area contributed by atoms with Crippen LogP contribution < -0.4 is 11.1 Å². The van der Waals surface area contributed by atoms with Crippen LogP contribution in [0.4, 0.5) is 27.6 Å². The van der Waals surface area contributed by atoms with E-state index in [9.17, 15) is 26.7 Å². The van der Waals surface area contributed by atoms with Gasteiger partial charge in [0, 0.05) is 6.42 Å². The van der Waals surface area contributed by atoms with E-state index < -0.39 is 40.7 Å². The number of rotatable bonds is 4. The molecule has 18 heavy (non-hydrogen) atoms. The van der Waals surface area contributed by atoms with E-state index >= 15 is 0 Å². The van der Waals surface area contributed by atoms with Gasteiger partial charge in [0.2, 0.25) is 11.7 Å². The van der Waals surface area contributed by atoms with Crippen molar-refractivity contribution in [1.29, 1.82) is 0 Å². The fraction of sp³-hybridized carbons (Fsp3) is 0.300. The fourth-order valence-electron chi connectivity index (χ4n) is 1.18. The Hall–Kier alpha value is -1.70. The van der Waals surface area contributed by atoms with Gasteiger partial charge in [-0.25, -0.2) is 22.0 Å². The highest BCUT2D eigenvalue weighted by Crippen LogP contribution is 2.27. The van der Waals surface area contributed by atoms with Gasteiger partial charge in [-0.3, -0.25) is 4.79 Å². The zero-order chi connectivity index (χ0) is 13.9. The summed E-state index contributed by atoms with van der Waals surface area (Å²) in [5, 5.41) is 1.63. The molecule has 0 unspecified atom stereocenters. The maximum atomic E-state index is 13.1. The summed E-state index contributed by atoms with van der Waals surface area (Å²) in [5.41, 5.74) is 3.75. The number of anilines is 1. The lowest BCUT2D eigenvalue weighted by molar-refractivity contribution is -0.116. The Labute approximate surface area is 98.8 Å². The van der Waals surface area contributed by atoms with E-state index in [-0.39, 0.29) is 19.4 Å². The highest BCUT2D eigenvalue weighted by atomic mass is 19.2. The van der Waals surface area contributed by atoms with Crippen LogP contribution in [-0.4, -0.2) is 12.5 Å². The van der Waals surface area contributed by atoms with E-state index in [4.69, 9.17) is 5.73 Å². The number of amides is 1. The molecular formula is C10H9F5N2O. The molecule has 0 fully saturated rings. The minimum absolute atomic E-state index is 0.157. The van der Waals surface area contributed by atoms with Crippen LogP contribution in [0.1, 0.15) is 12.8 Å². The second-order valence-electron chi connectivity index (χ2n) is 3.39. The van der Waals surface area contributed by atoms with Crippen molar-refractivity contribution >= 4 is 11.6 Å². The van der Waals surface area contributed by atoms with Gasteiger partial charge < -0.3 is 11.1 Å². The number of halogens is 5. The van der Waals surface area contributed by atoms with Crippen molar-refractivity contribution in [2.45, 2.75) is 12.8 Å². The first-order valence-corrected chi connectivity index (χ1v) is 4.91. The molecule has 0 spiro atoms. The van der Waals surface area contributed by atoms with Crippen LogP contribution in [-0.2, 0) is 4.79 Å². The molecule has 100 valence electrons. The predicted octanol–water partition coefficient (Wildman–Crippen LogP) is 2.06. The van der Waals surface area contributed by atoms with E-state index in [0.29, 0.717) is 0 Å². The molecule has 1 rings (SSSR count). The molecule has 0 aromatic heterocycles. The van der Waals surface area contributed by atoms with Crippen LogP contribution in [0.15, 0.2) is 0 Å². The molecular weight excluding hydrogens is 259 g/mol. The van der Waals surface area contributed by atoms with Gasteiger partial charge in [-0.15, -0.1) is 0 Å². The van der Waals surface area contributed by atoms with Crippen molar-refractivity contribution in [1.82, 2.24) is 0 Å². The van der Waals surface area contributed by atoms with Crippen LogP contribution in [0.5, 0.6) is 0 Å². The summed E-state index contributed by atoms with van der Waals surface area (Å²) in [7, 11) is 0. The van der Waals surface area contributed by atoms with Crippen molar-refractivity contribution in [3.8, 4) is 0 Å². The van der Waals surface area contributed by atoms with Crippen LogP contribution in [0, 0.1) is 29.1 Å². The summed E-state index contributed by atoms with van der Waals surface area (Å²) >= 11 is 0. The quantitative estimate of drug-likeness (QED) is 0.499. The molecule has 1 aromatic carbocycles. The molecule has 0 aliphatic rings. The Morgan fingerprint density at radius 1 is 0.944 bits per heavy atom. The van der Waals surface area contributed by atoms with Crippen LogP contribution in [0.3, 0.4) is 0 Å². The molecule has 0 atom stereocenters. The number of benzene rings is 1. The Kier molecular flexibility index (Phi) is 4.60. The molecule has 1 aromatic rings. The normalized spacial score (nSPS) is 10.6. The first-order chi connectivity index (χ1) is 8.40. The maximum absolute atomic E-state index is 13.1. The fourth-order valence-corrected chi connectivity index (χ4v) is 1.18. The second-order valence-corrected chi connectivity index (χ2v) is 3.39. The summed E-state index contributed by atoms with van der Waals surface area (Å²) in [6.07, 6.45) is 0.0389. The number of hydrogen-bond donors (Lipinski definition) is 2. The van der Waals surface area contributed by atoms with Gasteiger partial charge >= 0.3 is 0 Å². The van der Waals surface area contributed by atoms with Crippen molar-refractivity contribution in [2.75, 3.05) is 11.9 Å². The molecule has 0 radical (unpaired) electrons. The molecule has 0 bridgehead atoms. The van der Waals surface area contributed by atoms with Gasteiger partial charge in [0.1, 0.15) is 5.69 Å². The number of carbonyl (C=O) groups is 1. The number of nitrogens with two attached hydrogens (primary N) is 1. The predicted molar refractivity (Wildman–Crippen MR) is 53.2 cm³/mol. The molecule has 0 saturated heterocycles. The zero-order valence-corrected chi connectivity index (χ0v) is 9.00. The van der Waals surface area contributed by atoms with Gasteiger partial charge in [0.15, 0.2) is 23.3 Å². The van der Waals surface area contributed by atoms with Crippen molar-refractivity contribution in [3.63, 3.8) is 0 Å². The number of hydrogen-bond acceptors (Lipinski definition) is 2. The van der Waals surface area contributed by atoms with Crippen molar-refractivity contribution < 1.29 is 26.7 Å².